The first kappa shape index (κ1) is 13.1. The van der Waals surface area contributed by atoms with Crippen molar-refractivity contribution in [2.75, 3.05) is 13.2 Å². The largest absolute Gasteiger partial charge is 0.492 e. The minimum Gasteiger partial charge on any atom is -0.492 e. The van der Waals surface area contributed by atoms with Crippen LogP contribution in [0.2, 0.25) is 0 Å². The van der Waals surface area contributed by atoms with Crippen LogP contribution in [0.4, 0.5) is 0 Å². The van der Waals surface area contributed by atoms with Crippen LogP contribution in [0.5, 0.6) is 5.75 Å². The van der Waals surface area contributed by atoms with Gasteiger partial charge in [0.15, 0.2) is 0 Å². The normalized spacial score (nSPS) is 10.6. The van der Waals surface area contributed by atoms with Gasteiger partial charge in [-0.2, -0.15) is 5.10 Å². The Bertz CT molecular complexity index is 481. The number of halogens is 1. The lowest BCUT2D eigenvalue weighted by atomic mass is 10.3. The maximum atomic E-state index is 5.60. The Hall–Kier alpha value is -1.33. The predicted molar refractivity (Wildman–Crippen MR) is 74.6 cm³/mol. The van der Waals surface area contributed by atoms with Gasteiger partial charge in [0.2, 0.25) is 0 Å². The van der Waals surface area contributed by atoms with Gasteiger partial charge < -0.3 is 10.1 Å². The molecule has 0 aliphatic rings. The number of rotatable bonds is 6. The number of aryl methyl sites for hydroxylation is 1. The van der Waals surface area contributed by atoms with Crippen LogP contribution in [0, 0.1) is 0 Å². The highest BCUT2D eigenvalue weighted by atomic mass is 79.9. The van der Waals surface area contributed by atoms with E-state index in [4.69, 9.17) is 4.74 Å². The Labute approximate surface area is 115 Å². The second-order valence-electron chi connectivity index (χ2n) is 4.00. The van der Waals surface area contributed by atoms with Crippen molar-refractivity contribution in [1.82, 2.24) is 15.1 Å². The molecule has 0 aliphatic carbocycles. The molecule has 0 unspecified atom stereocenters. The fourth-order valence-electron chi connectivity index (χ4n) is 1.57. The summed E-state index contributed by atoms with van der Waals surface area (Å²) in [5, 5.41) is 7.42. The topological polar surface area (TPSA) is 39.1 Å². The van der Waals surface area contributed by atoms with E-state index < -0.39 is 0 Å². The van der Waals surface area contributed by atoms with Gasteiger partial charge in [-0.1, -0.05) is 15.9 Å². The van der Waals surface area contributed by atoms with Gasteiger partial charge in [-0.25, -0.2) is 0 Å². The van der Waals surface area contributed by atoms with E-state index in [0.29, 0.717) is 6.61 Å². The van der Waals surface area contributed by atoms with Crippen molar-refractivity contribution in [2.45, 2.75) is 6.54 Å². The molecule has 0 saturated carbocycles. The minimum absolute atomic E-state index is 0.655. The molecule has 1 aromatic carbocycles. The van der Waals surface area contributed by atoms with E-state index >= 15 is 0 Å². The monoisotopic (exact) mass is 309 g/mol. The second-order valence-corrected chi connectivity index (χ2v) is 4.92. The fraction of sp³-hybridized carbons (Fsp3) is 0.308. The molecule has 1 aromatic heterocycles. The van der Waals surface area contributed by atoms with Gasteiger partial charge in [-0.05, 0) is 24.3 Å². The summed E-state index contributed by atoms with van der Waals surface area (Å²) in [5.41, 5.74) is 1.18. The Morgan fingerprint density at radius 3 is 2.78 bits per heavy atom. The summed E-state index contributed by atoms with van der Waals surface area (Å²) in [5.74, 6) is 0.890. The van der Waals surface area contributed by atoms with Crippen LogP contribution in [0.3, 0.4) is 0 Å². The van der Waals surface area contributed by atoms with E-state index in [1.165, 1.54) is 5.56 Å². The molecule has 0 radical (unpaired) electrons. The van der Waals surface area contributed by atoms with E-state index in [0.717, 1.165) is 23.3 Å². The molecular weight excluding hydrogens is 294 g/mol. The lowest BCUT2D eigenvalue weighted by Gasteiger charge is -2.06. The zero-order chi connectivity index (χ0) is 12.8. The molecule has 0 saturated heterocycles. The van der Waals surface area contributed by atoms with Crippen molar-refractivity contribution in [3.05, 3.63) is 46.7 Å². The Morgan fingerprint density at radius 2 is 2.11 bits per heavy atom. The average Bonchev–Trinajstić information content (AvgIpc) is 2.77. The molecule has 0 bridgehead atoms. The number of aromatic nitrogens is 2. The summed E-state index contributed by atoms with van der Waals surface area (Å²) >= 11 is 3.39. The molecule has 4 nitrogen and oxygen atoms in total. The molecule has 0 atom stereocenters. The van der Waals surface area contributed by atoms with Gasteiger partial charge in [0, 0.05) is 36.4 Å². The lowest BCUT2D eigenvalue weighted by molar-refractivity contribution is 0.313. The third kappa shape index (κ3) is 4.16. The average molecular weight is 310 g/mol. The summed E-state index contributed by atoms with van der Waals surface area (Å²) in [6, 6.07) is 7.84. The van der Waals surface area contributed by atoms with Gasteiger partial charge in [0.25, 0.3) is 0 Å². The number of nitrogens with one attached hydrogen (secondary N) is 1. The number of ether oxygens (including phenoxy) is 1. The van der Waals surface area contributed by atoms with E-state index in [-0.39, 0.29) is 0 Å². The Morgan fingerprint density at radius 1 is 1.33 bits per heavy atom. The van der Waals surface area contributed by atoms with Crippen molar-refractivity contribution in [3.63, 3.8) is 0 Å². The summed E-state index contributed by atoms with van der Waals surface area (Å²) in [7, 11) is 1.92. The number of hydrogen-bond donors (Lipinski definition) is 1. The van der Waals surface area contributed by atoms with Gasteiger partial charge >= 0.3 is 0 Å². The smallest absolute Gasteiger partial charge is 0.119 e. The molecule has 1 N–H and O–H groups in total. The first-order valence-corrected chi connectivity index (χ1v) is 6.60. The molecule has 0 amide bonds. The quantitative estimate of drug-likeness (QED) is 0.833. The van der Waals surface area contributed by atoms with Gasteiger partial charge in [0.1, 0.15) is 12.4 Å². The SMILES string of the molecule is Cn1cc(CNCCOc2ccc(Br)cc2)cn1. The lowest BCUT2D eigenvalue weighted by Crippen LogP contribution is -2.20. The predicted octanol–water partition coefficient (Wildman–Crippen LogP) is 2.35. The Balaban J connectivity index is 1.63. The highest BCUT2D eigenvalue weighted by Crippen LogP contribution is 2.15. The van der Waals surface area contributed by atoms with E-state index in [1.807, 2.05) is 43.7 Å². The highest BCUT2D eigenvalue weighted by molar-refractivity contribution is 9.10. The minimum atomic E-state index is 0.655. The number of nitrogens with zero attached hydrogens (tertiary/aromatic N) is 2. The first-order chi connectivity index (χ1) is 8.74. The van der Waals surface area contributed by atoms with E-state index in [2.05, 4.69) is 26.3 Å². The van der Waals surface area contributed by atoms with Gasteiger partial charge in [-0.15, -0.1) is 0 Å². The van der Waals surface area contributed by atoms with Gasteiger partial charge in [-0.3, -0.25) is 4.68 Å². The van der Waals surface area contributed by atoms with Crippen LogP contribution in [0.25, 0.3) is 0 Å². The molecule has 0 aliphatic heterocycles. The fourth-order valence-corrected chi connectivity index (χ4v) is 1.83. The standard InChI is InChI=1S/C13H16BrN3O/c1-17-10-11(9-16-17)8-15-6-7-18-13-4-2-12(14)3-5-13/h2-5,9-10,15H,6-8H2,1H3. The van der Waals surface area contributed by atoms with Crippen LogP contribution in [0.15, 0.2) is 41.1 Å². The zero-order valence-corrected chi connectivity index (χ0v) is 11.9. The van der Waals surface area contributed by atoms with Crippen LogP contribution >= 0.6 is 15.9 Å². The summed E-state index contributed by atoms with van der Waals surface area (Å²) < 4.78 is 8.46. The van der Waals surface area contributed by atoms with E-state index in [9.17, 15) is 0 Å². The van der Waals surface area contributed by atoms with Crippen LogP contribution in [-0.4, -0.2) is 22.9 Å². The number of benzene rings is 1. The molecule has 0 spiro atoms. The maximum Gasteiger partial charge on any atom is 0.119 e. The molecule has 5 heteroatoms. The van der Waals surface area contributed by atoms with Crippen LogP contribution in [0.1, 0.15) is 5.56 Å². The molecular formula is C13H16BrN3O. The summed E-state index contributed by atoms with van der Waals surface area (Å²) in [6.45, 7) is 2.28. The third-order valence-corrected chi connectivity index (χ3v) is 2.98. The summed E-state index contributed by atoms with van der Waals surface area (Å²) in [6.07, 6.45) is 3.87. The van der Waals surface area contributed by atoms with Crippen molar-refractivity contribution in [1.29, 1.82) is 0 Å². The first-order valence-electron chi connectivity index (χ1n) is 5.80. The summed E-state index contributed by atoms with van der Waals surface area (Å²) in [4.78, 5) is 0. The molecule has 2 rings (SSSR count). The Kier molecular flexibility index (Phi) is 4.78. The highest BCUT2D eigenvalue weighted by Gasteiger charge is 1.96. The van der Waals surface area contributed by atoms with Crippen molar-refractivity contribution < 1.29 is 4.74 Å². The molecule has 1 heterocycles. The molecule has 0 fully saturated rings. The molecule has 18 heavy (non-hydrogen) atoms. The second kappa shape index (κ2) is 6.56. The van der Waals surface area contributed by atoms with Crippen LogP contribution in [-0.2, 0) is 13.6 Å². The van der Waals surface area contributed by atoms with Crippen molar-refractivity contribution in [3.8, 4) is 5.75 Å². The molecule has 2 aromatic rings. The molecule has 96 valence electrons. The number of hydrogen-bond acceptors (Lipinski definition) is 3. The van der Waals surface area contributed by atoms with Gasteiger partial charge in [0.05, 0.1) is 6.20 Å². The maximum absolute atomic E-state index is 5.60. The van der Waals surface area contributed by atoms with Crippen LogP contribution < -0.4 is 10.1 Å². The van der Waals surface area contributed by atoms with Crippen molar-refractivity contribution in [2.24, 2.45) is 7.05 Å². The van der Waals surface area contributed by atoms with Crippen molar-refractivity contribution >= 4 is 15.9 Å². The van der Waals surface area contributed by atoms with E-state index in [1.54, 1.807) is 4.68 Å². The zero-order valence-electron chi connectivity index (χ0n) is 10.3. The third-order valence-electron chi connectivity index (χ3n) is 2.45.